The van der Waals surface area contributed by atoms with Crippen LogP contribution >= 0.6 is 0 Å². The fraction of sp³-hybridized carbons (Fsp3) is 0.571. The third-order valence-electron chi connectivity index (χ3n) is 3.95. The first-order chi connectivity index (χ1) is 9.72. The molecule has 116 valence electrons. The minimum atomic E-state index is -3.41. The normalized spacial score (nSPS) is 21.0. The van der Waals surface area contributed by atoms with Gasteiger partial charge in [-0.2, -0.15) is 0 Å². The number of hydrogen-bond acceptors (Lipinski definition) is 5. The number of carbonyl (C=O) groups excluding carboxylic acids is 1. The summed E-state index contributed by atoms with van der Waals surface area (Å²) in [6, 6.07) is 3.16. The smallest absolute Gasteiger partial charge is 0.233 e. The molecule has 1 fully saturated rings. The summed E-state index contributed by atoms with van der Waals surface area (Å²) >= 11 is 0. The first-order valence-corrected chi connectivity index (χ1v) is 8.69. The molecule has 2 unspecified atom stereocenters. The molecule has 1 aliphatic carbocycles. The van der Waals surface area contributed by atoms with Crippen LogP contribution in [0.15, 0.2) is 12.1 Å². The van der Waals surface area contributed by atoms with Crippen LogP contribution in [-0.2, 0) is 10.0 Å². The predicted molar refractivity (Wildman–Crippen MR) is 83.4 cm³/mol. The van der Waals surface area contributed by atoms with E-state index in [-0.39, 0.29) is 5.82 Å². The van der Waals surface area contributed by atoms with Crippen LogP contribution in [0.4, 0.5) is 11.6 Å². The van der Waals surface area contributed by atoms with Crippen molar-refractivity contribution in [2.75, 3.05) is 36.1 Å². The van der Waals surface area contributed by atoms with E-state index in [2.05, 4.69) is 11.9 Å². The molecule has 2 rings (SSSR count). The maximum atomic E-state index is 11.6. The van der Waals surface area contributed by atoms with E-state index in [1.165, 1.54) is 19.5 Å². The maximum Gasteiger partial charge on any atom is 0.233 e. The molecule has 0 saturated heterocycles. The molecular weight excluding hydrogens is 290 g/mol. The van der Waals surface area contributed by atoms with Crippen molar-refractivity contribution in [2.24, 2.45) is 11.8 Å². The summed E-state index contributed by atoms with van der Waals surface area (Å²) in [7, 11) is -0.0679. The van der Waals surface area contributed by atoms with Gasteiger partial charge in [0.1, 0.15) is 17.9 Å². The predicted octanol–water partition coefficient (Wildman–Crippen LogP) is 1.38. The number of pyridine rings is 1. The minimum absolute atomic E-state index is 0.257. The lowest BCUT2D eigenvalue weighted by atomic mass is 10.2. The van der Waals surface area contributed by atoms with Gasteiger partial charge in [0.15, 0.2) is 0 Å². The fourth-order valence-electron chi connectivity index (χ4n) is 2.22. The zero-order chi connectivity index (χ0) is 15.8. The van der Waals surface area contributed by atoms with Crippen molar-refractivity contribution >= 4 is 27.9 Å². The van der Waals surface area contributed by atoms with E-state index >= 15 is 0 Å². The molecule has 1 aromatic heterocycles. The Balaban J connectivity index is 2.31. The third-order valence-corrected chi connectivity index (χ3v) is 5.13. The molecule has 21 heavy (non-hydrogen) atoms. The van der Waals surface area contributed by atoms with Crippen molar-refractivity contribution in [3.63, 3.8) is 0 Å². The number of rotatable bonds is 6. The summed E-state index contributed by atoms with van der Waals surface area (Å²) in [5, 5.41) is 0. The Bertz CT molecular complexity index is 645. The van der Waals surface area contributed by atoms with Crippen molar-refractivity contribution in [3.05, 3.63) is 17.7 Å². The van der Waals surface area contributed by atoms with Crippen LogP contribution in [0, 0.1) is 11.8 Å². The Morgan fingerprint density at radius 2 is 1.90 bits per heavy atom. The SMILES string of the molecule is CC1CC1CN(C)c1cc(C=O)cc(N(C)S(C)(=O)=O)n1. The maximum absolute atomic E-state index is 11.6. The van der Waals surface area contributed by atoms with Crippen molar-refractivity contribution < 1.29 is 13.2 Å². The van der Waals surface area contributed by atoms with Crippen LogP contribution in [0.25, 0.3) is 0 Å². The van der Waals surface area contributed by atoms with Gasteiger partial charge in [0.25, 0.3) is 0 Å². The van der Waals surface area contributed by atoms with Crippen LogP contribution in [0.1, 0.15) is 23.7 Å². The number of hydrogen-bond donors (Lipinski definition) is 0. The van der Waals surface area contributed by atoms with Gasteiger partial charge in [-0.25, -0.2) is 13.4 Å². The molecule has 0 aliphatic heterocycles. The van der Waals surface area contributed by atoms with Gasteiger partial charge < -0.3 is 4.90 Å². The van der Waals surface area contributed by atoms with E-state index in [1.807, 2.05) is 11.9 Å². The highest BCUT2D eigenvalue weighted by molar-refractivity contribution is 7.92. The topological polar surface area (TPSA) is 70.6 Å². The van der Waals surface area contributed by atoms with Crippen molar-refractivity contribution in [2.45, 2.75) is 13.3 Å². The standard InChI is InChI=1S/C14H21N3O3S/c1-10-5-12(10)8-16(2)13-6-11(9-18)7-14(15-13)17(3)21(4,19)20/h6-7,9-10,12H,5,8H2,1-4H3. The van der Waals surface area contributed by atoms with E-state index in [0.29, 0.717) is 23.6 Å². The highest BCUT2D eigenvalue weighted by Crippen LogP contribution is 2.38. The third kappa shape index (κ3) is 3.72. The molecule has 0 N–H and O–H groups in total. The van der Waals surface area contributed by atoms with Crippen LogP contribution in [0.2, 0.25) is 0 Å². The molecule has 7 heteroatoms. The average molecular weight is 311 g/mol. The van der Waals surface area contributed by atoms with Crippen LogP contribution in [0.5, 0.6) is 0 Å². The first kappa shape index (κ1) is 15.8. The number of aldehydes is 1. The van der Waals surface area contributed by atoms with E-state index in [1.54, 1.807) is 6.07 Å². The number of anilines is 2. The molecule has 1 heterocycles. The van der Waals surface area contributed by atoms with Gasteiger partial charge in [0.05, 0.1) is 6.26 Å². The molecule has 0 aromatic carbocycles. The monoisotopic (exact) mass is 311 g/mol. The Hall–Kier alpha value is -1.63. The van der Waals surface area contributed by atoms with E-state index < -0.39 is 10.0 Å². The van der Waals surface area contributed by atoms with Crippen LogP contribution in [0.3, 0.4) is 0 Å². The van der Waals surface area contributed by atoms with Gasteiger partial charge in [-0.3, -0.25) is 9.10 Å². The molecule has 2 atom stereocenters. The lowest BCUT2D eigenvalue weighted by Crippen LogP contribution is -2.27. The number of carbonyl (C=O) groups is 1. The van der Waals surface area contributed by atoms with Crippen molar-refractivity contribution in [1.29, 1.82) is 0 Å². The summed E-state index contributed by atoms with van der Waals surface area (Å²) in [5.41, 5.74) is 0.418. The van der Waals surface area contributed by atoms with Gasteiger partial charge in [-0.15, -0.1) is 0 Å². The summed E-state index contributed by atoms with van der Waals surface area (Å²) in [5.74, 6) is 2.24. The first-order valence-electron chi connectivity index (χ1n) is 6.84. The second-order valence-corrected chi connectivity index (χ2v) is 7.83. The van der Waals surface area contributed by atoms with E-state index in [9.17, 15) is 13.2 Å². The summed E-state index contributed by atoms with van der Waals surface area (Å²) in [6.45, 7) is 3.06. The molecular formula is C14H21N3O3S. The van der Waals surface area contributed by atoms with E-state index in [0.717, 1.165) is 23.0 Å². The van der Waals surface area contributed by atoms with E-state index in [4.69, 9.17) is 0 Å². The zero-order valence-electron chi connectivity index (χ0n) is 12.8. The largest absolute Gasteiger partial charge is 0.359 e. The summed E-state index contributed by atoms with van der Waals surface area (Å²) in [6.07, 6.45) is 3.02. The zero-order valence-corrected chi connectivity index (χ0v) is 13.6. The second kappa shape index (κ2) is 5.63. The molecule has 1 saturated carbocycles. The Morgan fingerprint density at radius 1 is 1.33 bits per heavy atom. The molecule has 0 spiro atoms. The minimum Gasteiger partial charge on any atom is -0.359 e. The van der Waals surface area contributed by atoms with Gasteiger partial charge >= 0.3 is 0 Å². The number of aromatic nitrogens is 1. The quantitative estimate of drug-likeness (QED) is 0.742. The Labute approximate surface area is 125 Å². The van der Waals surface area contributed by atoms with Crippen LogP contribution < -0.4 is 9.21 Å². The number of nitrogens with zero attached hydrogens (tertiary/aromatic N) is 3. The average Bonchev–Trinajstić information content (AvgIpc) is 3.11. The number of sulfonamides is 1. The molecule has 0 radical (unpaired) electrons. The highest BCUT2D eigenvalue weighted by Gasteiger charge is 2.33. The highest BCUT2D eigenvalue weighted by atomic mass is 32.2. The molecule has 0 bridgehead atoms. The fourth-order valence-corrected chi connectivity index (χ4v) is 2.65. The van der Waals surface area contributed by atoms with Gasteiger partial charge in [0.2, 0.25) is 10.0 Å². The van der Waals surface area contributed by atoms with Crippen molar-refractivity contribution in [1.82, 2.24) is 4.98 Å². The lowest BCUT2D eigenvalue weighted by Gasteiger charge is -2.22. The molecule has 6 nitrogen and oxygen atoms in total. The van der Waals surface area contributed by atoms with Gasteiger partial charge in [-0.05, 0) is 30.4 Å². The Morgan fingerprint density at radius 3 is 2.38 bits per heavy atom. The Kier molecular flexibility index (Phi) is 4.22. The summed E-state index contributed by atoms with van der Waals surface area (Å²) < 4.78 is 24.3. The van der Waals surface area contributed by atoms with Gasteiger partial charge in [0, 0.05) is 26.2 Å². The lowest BCUT2D eigenvalue weighted by molar-refractivity contribution is 0.112. The molecule has 1 aromatic rings. The molecule has 1 aliphatic rings. The van der Waals surface area contributed by atoms with Crippen LogP contribution in [-0.4, -0.2) is 46.6 Å². The molecule has 0 amide bonds. The second-order valence-electron chi connectivity index (χ2n) is 5.82. The van der Waals surface area contributed by atoms with Gasteiger partial charge in [-0.1, -0.05) is 6.92 Å². The van der Waals surface area contributed by atoms with Crippen molar-refractivity contribution in [3.8, 4) is 0 Å². The summed E-state index contributed by atoms with van der Waals surface area (Å²) in [4.78, 5) is 17.4.